The van der Waals surface area contributed by atoms with E-state index in [1.54, 1.807) is 25.7 Å². The van der Waals surface area contributed by atoms with Crippen molar-refractivity contribution >= 4 is 11.5 Å². The molecule has 0 aliphatic heterocycles. The highest BCUT2D eigenvalue weighted by Crippen LogP contribution is 2.24. The van der Waals surface area contributed by atoms with Crippen LogP contribution in [0.25, 0.3) is 16.9 Å². The minimum Gasteiger partial charge on any atom is -0.497 e. The van der Waals surface area contributed by atoms with Gasteiger partial charge in [-0.15, -0.1) is 5.10 Å². The molecule has 0 atom stereocenters. The quantitative estimate of drug-likeness (QED) is 0.578. The number of benzene rings is 1. The van der Waals surface area contributed by atoms with Crippen LogP contribution in [0, 0.1) is 0 Å². The van der Waals surface area contributed by atoms with Crippen LogP contribution in [0.15, 0.2) is 61.2 Å². The molecule has 26 heavy (non-hydrogen) atoms. The van der Waals surface area contributed by atoms with E-state index < -0.39 is 0 Å². The van der Waals surface area contributed by atoms with Crippen molar-refractivity contribution in [2.45, 2.75) is 6.42 Å². The molecule has 1 aromatic carbocycles. The molecule has 0 radical (unpaired) electrons. The number of aromatic nitrogens is 5. The molecule has 0 saturated carbocycles. The van der Waals surface area contributed by atoms with E-state index in [0.717, 1.165) is 47.1 Å². The predicted octanol–water partition coefficient (Wildman–Crippen LogP) is 2.85. The number of ether oxygens (including phenoxy) is 1. The van der Waals surface area contributed by atoms with Crippen LogP contribution >= 0.6 is 0 Å². The van der Waals surface area contributed by atoms with Gasteiger partial charge in [0, 0.05) is 37.1 Å². The number of imidazole rings is 1. The third-order valence-corrected chi connectivity index (χ3v) is 4.03. The van der Waals surface area contributed by atoms with Crippen LogP contribution in [-0.2, 0) is 6.42 Å². The molecule has 130 valence electrons. The van der Waals surface area contributed by atoms with Gasteiger partial charge in [-0.2, -0.15) is 0 Å². The zero-order valence-electron chi connectivity index (χ0n) is 14.3. The largest absolute Gasteiger partial charge is 0.497 e. The zero-order valence-corrected chi connectivity index (χ0v) is 14.3. The SMILES string of the molecule is COc1cccc(-c2cnc3ccc(NCCc4cnccn4)nn23)c1. The van der Waals surface area contributed by atoms with Crippen LogP contribution in [0.5, 0.6) is 5.75 Å². The number of hydrogen-bond acceptors (Lipinski definition) is 6. The molecule has 0 aliphatic carbocycles. The molecule has 3 aromatic heterocycles. The number of nitrogens with one attached hydrogen (secondary N) is 1. The molecule has 0 aliphatic rings. The topological polar surface area (TPSA) is 77.2 Å². The lowest BCUT2D eigenvalue weighted by molar-refractivity contribution is 0.415. The fraction of sp³-hybridized carbons (Fsp3) is 0.158. The Bertz CT molecular complexity index is 1010. The van der Waals surface area contributed by atoms with Crippen LogP contribution in [0.2, 0.25) is 0 Å². The fourth-order valence-corrected chi connectivity index (χ4v) is 2.72. The van der Waals surface area contributed by atoms with Crippen molar-refractivity contribution in [2.75, 3.05) is 19.0 Å². The first-order chi connectivity index (χ1) is 12.8. The van der Waals surface area contributed by atoms with Gasteiger partial charge in [-0.05, 0) is 24.3 Å². The molecule has 0 saturated heterocycles. The van der Waals surface area contributed by atoms with Crippen LogP contribution in [0.3, 0.4) is 0 Å². The Hall–Kier alpha value is -3.48. The van der Waals surface area contributed by atoms with E-state index in [4.69, 9.17) is 4.74 Å². The maximum absolute atomic E-state index is 5.31. The van der Waals surface area contributed by atoms with Gasteiger partial charge in [-0.3, -0.25) is 9.97 Å². The molecule has 7 nitrogen and oxygen atoms in total. The number of fused-ring (bicyclic) bond motifs is 1. The van der Waals surface area contributed by atoms with E-state index in [2.05, 4.69) is 25.4 Å². The first kappa shape index (κ1) is 16.0. The number of methoxy groups -OCH3 is 1. The summed E-state index contributed by atoms with van der Waals surface area (Å²) in [6.45, 7) is 0.723. The van der Waals surface area contributed by atoms with Gasteiger partial charge in [-0.25, -0.2) is 9.50 Å². The van der Waals surface area contributed by atoms with Gasteiger partial charge >= 0.3 is 0 Å². The maximum atomic E-state index is 5.31. The minimum atomic E-state index is 0.723. The van der Waals surface area contributed by atoms with Crippen LogP contribution in [-0.4, -0.2) is 38.2 Å². The van der Waals surface area contributed by atoms with Gasteiger partial charge in [0.2, 0.25) is 0 Å². The first-order valence-electron chi connectivity index (χ1n) is 8.31. The second-order valence-corrected chi connectivity index (χ2v) is 5.74. The minimum absolute atomic E-state index is 0.723. The predicted molar refractivity (Wildman–Crippen MR) is 99.2 cm³/mol. The monoisotopic (exact) mass is 346 g/mol. The summed E-state index contributed by atoms with van der Waals surface area (Å²) in [7, 11) is 1.66. The van der Waals surface area contributed by atoms with Gasteiger partial charge < -0.3 is 10.1 Å². The lowest BCUT2D eigenvalue weighted by Gasteiger charge is -2.07. The lowest BCUT2D eigenvalue weighted by atomic mass is 10.1. The van der Waals surface area contributed by atoms with E-state index in [0.29, 0.717) is 0 Å². The Balaban J connectivity index is 1.56. The molecule has 1 N–H and O–H groups in total. The van der Waals surface area contributed by atoms with Gasteiger partial charge in [0.25, 0.3) is 0 Å². The van der Waals surface area contributed by atoms with Crippen LogP contribution in [0.4, 0.5) is 5.82 Å². The zero-order chi connectivity index (χ0) is 17.8. The second kappa shape index (κ2) is 7.18. The average Bonchev–Trinajstić information content (AvgIpc) is 3.12. The summed E-state index contributed by atoms with van der Waals surface area (Å²) in [5.41, 5.74) is 3.65. The molecule has 0 amide bonds. The van der Waals surface area contributed by atoms with Crippen molar-refractivity contribution in [1.29, 1.82) is 0 Å². The van der Waals surface area contributed by atoms with E-state index in [1.807, 2.05) is 47.1 Å². The Morgan fingerprint density at radius 3 is 2.88 bits per heavy atom. The molecule has 0 fully saturated rings. The number of rotatable bonds is 6. The summed E-state index contributed by atoms with van der Waals surface area (Å²) in [5, 5.41) is 7.99. The van der Waals surface area contributed by atoms with Crippen molar-refractivity contribution in [3.05, 3.63) is 66.9 Å². The van der Waals surface area contributed by atoms with Crippen molar-refractivity contribution in [2.24, 2.45) is 0 Å². The standard InChI is InChI=1S/C19H18N6O/c1-26-16-4-2-3-14(11-16)17-13-23-19-6-5-18(24-25(17)19)22-8-7-15-12-20-9-10-21-15/h2-6,9-13H,7-8H2,1H3,(H,22,24). The third kappa shape index (κ3) is 3.32. The third-order valence-electron chi connectivity index (χ3n) is 4.03. The van der Waals surface area contributed by atoms with E-state index in [9.17, 15) is 0 Å². The number of hydrogen-bond donors (Lipinski definition) is 1. The lowest BCUT2D eigenvalue weighted by Crippen LogP contribution is -2.09. The Labute approximate surface area is 150 Å². The molecule has 4 aromatic rings. The summed E-state index contributed by atoms with van der Waals surface area (Å²) in [5.74, 6) is 1.58. The Morgan fingerprint density at radius 2 is 2.04 bits per heavy atom. The van der Waals surface area contributed by atoms with Crippen molar-refractivity contribution in [3.8, 4) is 17.0 Å². The van der Waals surface area contributed by atoms with Gasteiger partial charge in [0.15, 0.2) is 5.65 Å². The molecule has 0 bridgehead atoms. The van der Waals surface area contributed by atoms with E-state index in [-0.39, 0.29) is 0 Å². The maximum Gasteiger partial charge on any atom is 0.154 e. The van der Waals surface area contributed by atoms with E-state index >= 15 is 0 Å². The van der Waals surface area contributed by atoms with Crippen LogP contribution < -0.4 is 10.1 Å². The highest BCUT2D eigenvalue weighted by molar-refractivity contribution is 5.65. The van der Waals surface area contributed by atoms with E-state index in [1.165, 1.54) is 0 Å². The number of nitrogens with zero attached hydrogens (tertiary/aromatic N) is 5. The molecule has 0 spiro atoms. The molecule has 4 rings (SSSR count). The van der Waals surface area contributed by atoms with Gasteiger partial charge in [0.05, 0.1) is 24.7 Å². The summed E-state index contributed by atoms with van der Waals surface area (Å²) < 4.78 is 7.14. The normalized spacial score (nSPS) is 10.8. The smallest absolute Gasteiger partial charge is 0.154 e. The van der Waals surface area contributed by atoms with Crippen molar-refractivity contribution in [3.63, 3.8) is 0 Å². The van der Waals surface area contributed by atoms with Gasteiger partial charge in [-0.1, -0.05) is 12.1 Å². The first-order valence-corrected chi connectivity index (χ1v) is 8.31. The Kier molecular flexibility index (Phi) is 4.42. The van der Waals surface area contributed by atoms with Crippen molar-refractivity contribution < 1.29 is 4.74 Å². The highest BCUT2D eigenvalue weighted by Gasteiger charge is 2.09. The van der Waals surface area contributed by atoms with Crippen LogP contribution in [0.1, 0.15) is 5.69 Å². The molecular formula is C19H18N6O. The summed E-state index contributed by atoms with van der Waals surface area (Å²) >= 11 is 0. The summed E-state index contributed by atoms with van der Waals surface area (Å²) in [6, 6.07) is 11.7. The average molecular weight is 346 g/mol. The molecule has 7 heteroatoms. The van der Waals surface area contributed by atoms with Gasteiger partial charge in [0.1, 0.15) is 11.6 Å². The summed E-state index contributed by atoms with van der Waals surface area (Å²) in [4.78, 5) is 12.8. The second-order valence-electron chi connectivity index (χ2n) is 5.74. The fourth-order valence-electron chi connectivity index (χ4n) is 2.72. The molecule has 0 unspecified atom stereocenters. The van der Waals surface area contributed by atoms with Crippen molar-refractivity contribution in [1.82, 2.24) is 24.6 Å². The molecule has 3 heterocycles. The number of anilines is 1. The Morgan fingerprint density at radius 1 is 1.08 bits per heavy atom. The molecular weight excluding hydrogens is 328 g/mol. The highest BCUT2D eigenvalue weighted by atomic mass is 16.5. The summed E-state index contributed by atoms with van der Waals surface area (Å²) in [6.07, 6.45) is 7.74.